The van der Waals surface area contributed by atoms with Gasteiger partial charge in [-0.25, -0.2) is 14.6 Å². The number of nitrogens with one attached hydrogen (secondary N) is 1. The first kappa shape index (κ1) is 23.1. The smallest absolute Gasteiger partial charge is 0.369 e. The summed E-state index contributed by atoms with van der Waals surface area (Å²) in [4.78, 5) is 11.3. The quantitative estimate of drug-likeness (QED) is 0.424. The fourth-order valence-corrected chi connectivity index (χ4v) is 4.28. The maximum atomic E-state index is 12.8. The number of hydrogen-bond acceptors (Lipinski definition) is 7. The molecular weight excluding hydrogens is 459 g/mol. The standard InChI is InChI=1S/C23H26F3N9/c1-14(2)35-22-15(8-30-35)3-4-20(32-22)31-21-7-19(33-6-5-17(27)12-33)18(10-28-21)16-9-29-34(11-16)13-23(24,25)26/h3-4,7-11,14,17H,5-6,12-13,27H2,1-2H3,(H,28,31,32)/t17-/m0/s1. The van der Waals surface area contributed by atoms with Gasteiger partial charge in [-0.2, -0.15) is 23.4 Å². The molecule has 3 N–H and O–H groups in total. The van der Waals surface area contributed by atoms with Gasteiger partial charge in [0.1, 0.15) is 18.2 Å². The Labute approximate surface area is 199 Å². The normalized spacial score (nSPS) is 16.5. The van der Waals surface area contributed by atoms with Crippen molar-refractivity contribution in [2.24, 2.45) is 5.73 Å². The number of hydrogen-bond donors (Lipinski definition) is 2. The van der Waals surface area contributed by atoms with E-state index < -0.39 is 12.7 Å². The van der Waals surface area contributed by atoms with E-state index in [0.29, 0.717) is 29.3 Å². The van der Waals surface area contributed by atoms with Crippen molar-refractivity contribution in [2.75, 3.05) is 23.3 Å². The Morgan fingerprint density at radius 3 is 2.69 bits per heavy atom. The van der Waals surface area contributed by atoms with Crippen LogP contribution < -0.4 is 16.0 Å². The highest BCUT2D eigenvalue weighted by atomic mass is 19.4. The van der Waals surface area contributed by atoms with Crippen molar-refractivity contribution in [1.82, 2.24) is 29.5 Å². The molecule has 0 aromatic carbocycles. The molecule has 4 aromatic heterocycles. The molecule has 1 saturated heterocycles. The summed E-state index contributed by atoms with van der Waals surface area (Å²) in [5, 5.41) is 12.5. The van der Waals surface area contributed by atoms with Crippen LogP contribution in [0.5, 0.6) is 0 Å². The summed E-state index contributed by atoms with van der Waals surface area (Å²) in [5.41, 5.74) is 8.99. The van der Waals surface area contributed by atoms with E-state index in [0.717, 1.165) is 34.4 Å². The lowest BCUT2D eigenvalue weighted by Gasteiger charge is -2.22. The van der Waals surface area contributed by atoms with Gasteiger partial charge in [0.05, 0.1) is 12.4 Å². The van der Waals surface area contributed by atoms with Crippen LogP contribution in [0, 0.1) is 0 Å². The number of pyridine rings is 2. The maximum Gasteiger partial charge on any atom is 0.408 e. The first-order chi connectivity index (χ1) is 16.7. The zero-order valence-electron chi connectivity index (χ0n) is 19.4. The molecule has 0 radical (unpaired) electrons. The van der Waals surface area contributed by atoms with E-state index in [1.807, 2.05) is 36.7 Å². The van der Waals surface area contributed by atoms with Crippen LogP contribution in [0.25, 0.3) is 22.2 Å². The molecule has 0 bridgehead atoms. The summed E-state index contributed by atoms with van der Waals surface area (Å²) in [6, 6.07) is 5.87. The summed E-state index contributed by atoms with van der Waals surface area (Å²) in [6.07, 6.45) is 2.73. The van der Waals surface area contributed by atoms with E-state index in [1.54, 1.807) is 12.4 Å². The molecule has 0 unspecified atom stereocenters. The number of halogens is 3. The van der Waals surface area contributed by atoms with E-state index in [-0.39, 0.29) is 12.1 Å². The summed E-state index contributed by atoms with van der Waals surface area (Å²) in [6.45, 7) is 4.32. The van der Waals surface area contributed by atoms with Gasteiger partial charge in [-0.3, -0.25) is 4.68 Å². The average molecular weight is 486 g/mol. The van der Waals surface area contributed by atoms with Gasteiger partial charge in [0.15, 0.2) is 5.65 Å². The van der Waals surface area contributed by atoms with Gasteiger partial charge in [0.25, 0.3) is 0 Å². The van der Waals surface area contributed by atoms with Crippen molar-refractivity contribution in [3.05, 3.63) is 43.0 Å². The first-order valence-corrected chi connectivity index (χ1v) is 11.4. The molecule has 12 heteroatoms. The molecule has 1 fully saturated rings. The summed E-state index contributed by atoms with van der Waals surface area (Å²) >= 11 is 0. The van der Waals surface area contributed by atoms with Crippen molar-refractivity contribution in [3.63, 3.8) is 0 Å². The predicted molar refractivity (Wildman–Crippen MR) is 128 cm³/mol. The third-order valence-corrected chi connectivity index (χ3v) is 5.92. The van der Waals surface area contributed by atoms with Crippen LogP contribution in [-0.4, -0.2) is 54.8 Å². The molecule has 0 spiro atoms. The fraction of sp³-hybridized carbons (Fsp3) is 0.391. The Hall–Kier alpha value is -3.67. The van der Waals surface area contributed by atoms with Crippen LogP contribution in [0.3, 0.4) is 0 Å². The third-order valence-electron chi connectivity index (χ3n) is 5.92. The summed E-state index contributed by atoms with van der Waals surface area (Å²) in [5.74, 6) is 1.18. The lowest BCUT2D eigenvalue weighted by Crippen LogP contribution is -2.26. The number of aromatic nitrogens is 6. The molecule has 0 saturated carbocycles. The topological polar surface area (TPSA) is 103 Å². The van der Waals surface area contributed by atoms with E-state index >= 15 is 0 Å². The van der Waals surface area contributed by atoms with Crippen LogP contribution in [0.4, 0.5) is 30.5 Å². The minimum absolute atomic E-state index is 0.0285. The van der Waals surface area contributed by atoms with Gasteiger partial charge in [-0.1, -0.05) is 0 Å². The zero-order chi connectivity index (χ0) is 24.7. The van der Waals surface area contributed by atoms with Crippen molar-refractivity contribution >= 4 is 28.4 Å². The molecule has 35 heavy (non-hydrogen) atoms. The lowest BCUT2D eigenvalue weighted by atomic mass is 10.1. The van der Waals surface area contributed by atoms with E-state index in [1.165, 1.54) is 12.4 Å². The Bertz CT molecular complexity index is 1340. The molecule has 0 aliphatic carbocycles. The summed E-state index contributed by atoms with van der Waals surface area (Å²) < 4.78 is 41.2. The molecule has 5 rings (SSSR count). The SMILES string of the molecule is CC(C)n1ncc2ccc(Nc3cc(N4CC[C@H](N)C4)c(-c4cnn(CC(F)(F)F)c4)cn3)nc21. The van der Waals surface area contributed by atoms with E-state index in [2.05, 4.69) is 25.4 Å². The molecule has 4 aromatic rings. The number of rotatable bonds is 6. The van der Waals surface area contributed by atoms with Crippen LogP contribution >= 0.6 is 0 Å². The maximum absolute atomic E-state index is 12.8. The Kier molecular flexibility index (Phi) is 5.83. The Morgan fingerprint density at radius 2 is 1.97 bits per heavy atom. The van der Waals surface area contributed by atoms with Crippen LogP contribution in [0.2, 0.25) is 0 Å². The van der Waals surface area contributed by atoms with Crippen LogP contribution in [0.1, 0.15) is 26.3 Å². The minimum atomic E-state index is -4.35. The van der Waals surface area contributed by atoms with Crippen molar-refractivity contribution in [2.45, 2.75) is 45.1 Å². The largest absolute Gasteiger partial charge is 0.408 e. The van der Waals surface area contributed by atoms with Gasteiger partial charge in [0.2, 0.25) is 0 Å². The van der Waals surface area contributed by atoms with Crippen molar-refractivity contribution < 1.29 is 13.2 Å². The molecular formula is C23H26F3N9. The second-order valence-corrected chi connectivity index (χ2v) is 9.04. The van der Waals surface area contributed by atoms with Gasteiger partial charge in [-0.05, 0) is 32.4 Å². The molecule has 1 aliphatic heterocycles. The minimum Gasteiger partial charge on any atom is -0.369 e. The fourth-order valence-electron chi connectivity index (χ4n) is 4.28. The van der Waals surface area contributed by atoms with Gasteiger partial charge < -0.3 is 16.0 Å². The molecule has 1 aliphatic rings. The Morgan fingerprint density at radius 1 is 1.14 bits per heavy atom. The third kappa shape index (κ3) is 4.92. The highest BCUT2D eigenvalue weighted by molar-refractivity contribution is 5.81. The van der Waals surface area contributed by atoms with Crippen LogP contribution in [-0.2, 0) is 6.54 Å². The van der Waals surface area contributed by atoms with E-state index in [4.69, 9.17) is 10.7 Å². The number of anilines is 3. The number of alkyl halides is 3. The monoisotopic (exact) mass is 485 g/mol. The first-order valence-electron chi connectivity index (χ1n) is 11.4. The summed E-state index contributed by atoms with van der Waals surface area (Å²) in [7, 11) is 0. The lowest BCUT2D eigenvalue weighted by molar-refractivity contribution is -0.142. The second-order valence-electron chi connectivity index (χ2n) is 9.04. The molecule has 184 valence electrons. The predicted octanol–water partition coefficient (Wildman–Crippen LogP) is 4.11. The van der Waals surface area contributed by atoms with Crippen molar-refractivity contribution in [1.29, 1.82) is 0 Å². The van der Waals surface area contributed by atoms with Gasteiger partial charge in [0, 0.05) is 65.8 Å². The van der Waals surface area contributed by atoms with E-state index in [9.17, 15) is 13.2 Å². The van der Waals surface area contributed by atoms with Gasteiger partial charge >= 0.3 is 6.18 Å². The number of fused-ring (bicyclic) bond motifs is 1. The molecule has 9 nitrogen and oxygen atoms in total. The Balaban J connectivity index is 1.48. The highest BCUT2D eigenvalue weighted by Gasteiger charge is 2.29. The van der Waals surface area contributed by atoms with Crippen molar-refractivity contribution in [3.8, 4) is 11.1 Å². The molecule has 0 amide bonds. The number of nitrogens with two attached hydrogens (primary N) is 1. The average Bonchev–Trinajstić information content (AvgIpc) is 3.52. The van der Waals surface area contributed by atoms with Crippen LogP contribution in [0.15, 0.2) is 43.0 Å². The molecule has 5 heterocycles. The highest BCUT2D eigenvalue weighted by Crippen LogP contribution is 2.35. The van der Waals surface area contributed by atoms with Gasteiger partial charge in [-0.15, -0.1) is 0 Å². The molecule has 1 atom stereocenters. The zero-order valence-corrected chi connectivity index (χ0v) is 19.4. The second kappa shape index (κ2) is 8.84. The number of nitrogens with zero attached hydrogens (tertiary/aromatic N) is 7.